The Morgan fingerprint density at radius 3 is 2.55 bits per heavy atom. The van der Waals surface area contributed by atoms with Gasteiger partial charge in [0.25, 0.3) is 0 Å². The van der Waals surface area contributed by atoms with Crippen LogP contribution in [-0.4, -0.2) is 13.2 Å². The first-order chi connectivity index (χ1) is 9.50. The molecule has 1 N–H and O–H groups in total. The molecule has 0 saturated heterocycles. The van der Waals surface area contributed by atoms with Gasteiger partial charge in [0.05, 0.1) is 6.61 Å². The first-order valence-corrected chi connectivity index (χ1v) is 7.61. The van der Waals surface area contributed by atoms with Crippen LogP contribution in [0.4, 0.5) is 4.39 Å². The van der Waals surface area contributed by atoms with Crippen LogP contribution in [0.3, 0.4) is 0 Å². The summed E-state index contributed by atoms with van der Waals surface area (Å²) >= 11 is 0. The number of benzene rings is 1. The van der Waals surface area contributed by atoms with Crippen LogP contribution in [0.5, 0.6) is 5.75 Å². The summed E-state index contributed by atoms with van der Waals surface area (Å²) in [6.07, 6.45) is 2.07. The fourth-order valence-electron chi connectivity index (χ4n) is 2.02. The second-order valence-corrected chi connectivity index (χ2v) is 6.14. The zero-order chi connectivity index (χ0) is 15.0. The van der Waals surface area contributed by atoms with Crippen molar-refractivity contribution in [1.82, 2.24) is 5.32 Å². The van der Waals surface area contributed by atoms with Gasteiger partial charge in [-0.3, -0.25) is 0 Å². The van der Waals surface area contributed by atoms with Crippen molar-refractivity contribution >= 4 is 0 Å². The summed E-state index contributed by atoms with van der Waals surface area (Å²) in [5.74, 6) is 1.39. The molecule has 1 aromatic carbocycles. The summed E-state index contributed by atoms with van der Waals surface area (Å²) in [7, 11) is 0. The minimum absolute atomic E-state index is 0.265. The molecule has 0 fully saturated rings. The predicted octanol–water partition coefficient (Wildman–Crippen LogP) is 4.39. The maximum Gasteiger partial charge on any atom is 0.165 e. The molecule has 0 radical (unpaired) electrons. The van der Waals surface area contributed by atoms with Crippen molar-refractivity contribution in [3.05, 3.63) is 29.6 Å². The van der Waals surface area contributed by atoms with E-state index in [0.717, 1.165) is 24.9 Å². The lowest BCUT2D eigenvalue weighted by molar-refractivity contribution is 0.280. The quantitative estimate of drug-likeness (QED) is 0.678. The fourth-order valence-corrected chi connectivity index (χ4v) is 2.02. The zero-order valence-electron chi connectivity index (χ0n) is 13.2. The average Bonchev–Trinajstić information content (AvgIpc) is 2.36. The fraction of sp³-hybridized carbons (Fsp3) is 0.647. The van der Waals surface area contributed by atoms with Crippen LogP contribution in [0, 0.1) is 17.7 Å². The zero-order valence-corrected chi connectivity index (χ0v) is 13.2. The molecule has 20 heavy (non-hydrogen) atoms. The molecule has 0 atom stereocenters. The minimum Gasteiger partial charge on any atom is -0.490 e. The van der Waals surface area contributed by atoms with Gasteiger partial charge in [0, 0.05) is 12.1 Å². The highest BCUT2D eigenvalue weighted by Gasteiger charge is 2.10. The lowest BCUT2D eigenvalue weighted by Gasteiger charge is -2.14. The molecular weight excluding hydrogens is 253 g/mol. The molecule has 0 spiro atoms. The Morgan fingerprint density at radius 2 is 1.90 bits per heavy atom. The standard InChI is InChI=1S/C17H28FNO/c1-13(2)7-6-10-20-17-15(8-5-9-16(17)18)12-19-11-14(3)4/h5,8-9,13-14,19H,6-7,10-12H2,1-4H3. The van der Waals surface area contributed by atoms with Crippen molar-refractivity contribution < 1.29 is 9.13 Å². The highest BCUT2D eigenvalue weighted by atomic mass is 19.1. The number of para-hydroxylation sites is 1. The molecule has 114 valence electrons. The molecule has 0 heterocycles. The van der Waals surface area contributed by atoms with E-state index >= 15 is 0 Å². The van der Waals surface area contributed by atoms with Crippen LogP contribution < -0.4 is 10.1 Å². The number of halogens is 1. The number of hydrogen-bond donors (Lipinski definition) is 1. The number of rotatable bonds is 9. The summed E-state index contributed by atoms with van der Waals surface area (Å²) in [5.41, 5.74) is 0.898. The molecule has 3 heteroatoms. The van der Waals surface area contributed by atoms with Gasteiger partial charge < -0.3 is 10.1 Å². The molecule has 0 unspecified atom stereocenters. The van der Waals surface area contributed by atoms with E-state index < -0.39 is 0 Å². The molecule has 0 aliphatic heterocycles. The van der Waals surface area contributed by atoms with Crippen LogP contribution >= 0.6 is 0 Å². The van der Waals surface area contributed by atoms with Gasteiger partial charge in [0.15, 0.2) is 11.6 Å². The van der Waals surface area contributed by atoms with E-state index in [-0.39, 0.29) is 5.82 Å². The Morgan fingerprint density at radius 1 is 1.15 bits per heavy atom. The van der Waals surface area contributed by atoms with Crippen molar-refractivity contribution in [3.8, 4) is 5.75 Å². The maximum absolute atomic E-state index is 13.9. The lowest BCUT2D eigenvalue weighted by Crippen LogP contribution is -2.19. The van der Waals surface area contributed by atoms with E-state index in [0.29, 0.717) is 30.7 Å². The Balaban J connectivity index is 2.54. The van der Waals surface area contributed by atoms with Crippen LogP contribution in [-0.2, 0) is 6.54 Å². The van der Waals surface area contributed by atoms with Crippen molar-refractivity contribution in [3.63, 3.8) is 0 Å². The van der Waals surface area contributed by atoms with Crippen molar-refractivity contribution in [2.45, 2.75) is 47.1 Å². The van der Waals surface area contributed by atoms with E-state index in [1.807, 2.05) is 6.07 Å². The van der Waals surface area contributed by atoms with Gasteiger partial charge in [-0.25, -0.2) is 4.39 Å². The van der Waals surface area contributed by atoms with Crippen LogP contribution in [0.1, 0.15) is 46.1 Å². The van der Waals surface area contributed by atoms with Gasteiger partial charge in [0.1, 0.15) is 0 Å². The van der Waals surface area contributed by atoms with Crippen LogP contribution in [0.25, 0.3) is 0 Å². The van der Waals surface area contributed by atoms with Gasteiger partial charge in [-0.05, 0) is 37.3 Å². The molecule has 1 rings (SSSR count). The maximum atomic E-state index is 13.9. The van der Waals surface area contributed by atoms with E-state index in [9.17, 15) is 4.39 Å². The Labute approximate surface area is 122 Å². The van der Waals surface area contributed by atoms with Crippen molar-refractivity contribution in [2.75, 3.05) is 13.2 Å². The van der Waals surface area contributed by atoms with E-state index in [2.05, 4.69) is 33.0 Å². The summed E-state index contributed by atoms with van der Waals surface area (Å²) in [5, 5.41) is 3.33. The van der Waals surface area contributed by atoms with Crippen molar-refractivity contribution in [2.24, 2.45) is 11.8 Å². The smallest absolute Gasteiger partial charge is 0.165 e. The summed E-state index contributed by atoms with van der Waals surface area (Å²) < 4.78 is 19.5. The molecule has 0 bridgehead atoms. The third-order valence-electron chi connectivity index (χ3n) is 3.09. The normalized spacial score (nSPS) is 11.3. The van der Waals surface area contributed by atoms with Gasteiger partial charge in [-0.1, -0.05) is 39.8 Å². The Hall–Kier alpha value is -1.09. The summed E-state index contributed by atoms with van der Waals surface area (Å²) in [6, 6.07) is 5.13. The number of hydrogen-bond acceptors (Lipinski definition) is 2. The predicted molar refractivity (Wildman–Crippen MR) is 82.5 cm³/mol. The van der Waals surface area contributed by atoms with Gasteiger partial charge in [0.2, 0.25) is 0 Å². The van der Waals surface area contributed by atoms with E-state index in [1.165, 1.54) is 6.07 Å². The van der Waals surface area contributed by atoms with Gasteiger partial charge in [-0.2, -0.15) is 0 Å². The lowest BCUT2D eigenvalue weighted by atomic mass is 10.1. The first kappa shape index (κ1) is 17.0. The largest absolute Gasteiger partial charge is 0.490 e. The van der Waals surface area contributed by atoms with Crippen LogP contribution in [0.2, 0.25) is 0 Å². The molecule has 0 aliphatic rings. The van der Waals surface area contributed by atoms with Crippen LogP contribution in [0.15, 0.2) is 18.2 Å². The monoisotopic (exact) mass is 281 g/mol. The SMILES string of the molecule is CC(C)CCCOc1c(F)cccc1CNCC(C)C. The minimum atomic E-state index is -0.265. The molecule has 0 amide bonds. The third kappa shape index (κ3) is 6.38. The van der Waals surface area contributed by atoms with Gasteiger partial charge >= 0.3 is 0 Å². The topological polar surface area (TPSA) is 21.3 Å². The molecular formula is C17H28FNO. The number of nitrogens with one attached hydrogen (secondary N) is 1. The summed E-state index contributed by atoms with van der Waals surface area (Å²) in [4.78, 5) is 0. The van der Waals surface area contributed by atoms with E-state index in [4.69, 9.17) is 4.74 Å². The second kappa shape index (κ2) is 8.96. The van der Waals surface area contributed by atoms with Gasteiger partial charge in [-0.15, -0.1) is 0 Å². The van der Waals surface area contributed by atoms with E-state index in [1.54, 1.807) is 6.07 Å². The van der Waals surface area contributed by atoms with Crippen molar-refractivity contribution in [1.29, 1.82) is 0 Å². The first-order valence-electron chi connectivity index (χ1n) is 7.61. The Bertz CT molecular complexity index is 391. The molecule has 0 saturated carbocycles. The molecule has 0 aliphatic carbocycles. The molecule has 1 aromatic rings. The highest BCUT2D eigenvalue weighted by Crippen LogP contribution is 2.23. The third-order valence-corrected chi connectivity index (χ3v) is 3.09. The average molecular weight is 281 g/mol. The second-order valence-electron chi connectivity index (χ2n) is 6.14. The summed E-state index contributed by atoms with van der Waals surface area (Å²) in [6.45, 7) is 10.8. The molecule has 0 aromatic heterocycles. The molecule has 2 nitrogen and oxygen atoms in total. The highest BCUT2D eigenvalue weighted by molar-refractivity contribution is 5.34. The Kier molecular flexibility index (Phi) is 7.60. The number of ether oxygens (including phenoxy) is 1.